The molecule has 0 atom stereocenters. The molecule has 0 aliphatic heterocycles. The summed E-state index contributed by atoms with van der Waals surface area (Å²) in [6.07, 6.45) is 7.53. The zero-order chi connectivity index (χ0) is 17.1. The Kier molecular flexibility index (Phi) is 4.76. The zero-order valence-corrected chi connectivity index (χ0v) is 14.6. The summed E-state index contributed by atoms with van der Waals surface area (Å²) < 4.78 is 7.87. The summed E-state index contributed by atoms with van der Waals surface area (Å²) in [6, 6.07) is 6.82. The first-order valence-electron chi connectivity index (χ1n) is 7.55. The van der Waals surface area contributed by atoms with Crippen LogP contribution in [-0.4, -0.2) is 15.6 Å². The van der Waals surface area contributed by atoms with Crippen LogP contribution in [0.2, 0.25) is 0 Å². The summed E-state index contributed by atoms with van der Waals surface area (Å²) in [4.78, 5) is 24.3. The zero-order valence-electron chi connectivity index (χ0n) is 13.0. The van der Waals surface area contributed by atoms with Crippen molar-refractivity contribution in [3.05, 3.63) is 68.8 Å². The Morgan fingerprint density at radius 2 is 2.21 bits per heavy atom. The minimum atomic E-state index is -0.638. The van der Waals surface area contributed by atoms with Crippen molar-refractivity contribution in [1.82, 2.24) is 9.78 Å². The van der Waals surface area contributed by atoms with E-state index in [9.17, 15) is 9.59 Å². The normalized spacial score (nSPS) is 11.4. The van der Waals surface area contributed by atoms with Gasteiger partial charge in [-0.3, -0.25) is 9.48 Å². The van der Waals surface area contributed by atoms with Gasteiger partial charge >= 0.3 is 5.63 Å². The van der Waals surface area contributed by atoms with Gasteiger partial charge in [-0.25, -0.2) is 4.79 Å². The van der Waals surface area contributed by atoms with Gasteiger partial charge in [-0.05, 0) is 42.8 Å². The van der Waals surface area contributed by atoms with E-state index in [4.69, 9.17) is 4.42 Å². The Balaban J connectivity index is 1.88. The summed E-state index contributed by atoms with van der Waals surface area (Å²) in [6.45, 7) is 2.89. The van der Waals surface area contributed by atoms with Crippen molar-refractivity contribution in [3.63, 3.8) is 0 Å². The van der Waals surface area contributed by atoms with Crippen LogP contribution in [0.15, 0.2) is 56.4 Å². The maximum absolute atomic E-state index is 12.3. The maximum Gasteiger partial charge on any atom is 0.347 e. The van der Waals surface area contributed by atoms with Gasteiger partial charge in [0.15, 0.2) is 5.78 Å². The molecule has 0 aliphatic rings. The van der Waals surface area contributed by atoms with Crippen LogP contribution in [0.4, 0.5) is 0 Å². The predicted molar refractivity (Wildman–Crippen MR) is 96.1 cm³/mol. The number of allylic oxidation sites excluding steroid dienone is 1. The summed E-state index contributed by atoms with van der Waals surface area (Å²) in [5.41, 5.74) is 0.633. The third-order valence-corrected chi connectivity index (χ3v) is 3.99. The fourth-order valence-corrected chi connectivity index (χ4v) is 2.72. The van der Waals surface area contributed by atoms with Crippen molar-refractivity contribution in [2.75, 3.05) is 0 Å². The molecule has 3 rings (SSSR count). The minimum absolute atomic E-state index is 0.0119. The Morgan fingerprint density at radius 1 is 1.38 bits per heavy atom. The van der Waals surface area contributed by atoms with Gasteiger partial charge in [0, 0.05) is 28.2 Å². The van der Waals surface area contributed by atoms with E-state index in [0.29, 0.717) is 11.0 Å². The molecule has 3 aromatic rings. The summed E-state index contributed by atoms with van der Waals surface area (Å²) in [5.74, 6) is -0.395. The topological polar surface area (TPSA) is 65.1 Å². The second-order valence-electron chi connectivity index (χ2n) is 5.36. The number of aromatic nitrogens is 2. The van der Waals surface area contributed by atoms with Gasteiger partial charge in [-0.1, -0.05) is 22.9 Å². The molecule has 0 unspecified atom stereocenters. The molecule has 0 bridgehead atoms. The lowest BCUT2D eigenvalue weighted by Crippen LogP contribution is -2.11. The van der Waals surface area contributed by atoms with E-state index in [1.54, 1.807) is 36.5 Å². The van der Waals surface area contributed by atoms with Crippen molar-refractivity contribution >= 4 is 38.8 Å². The third kappa shape index (κ3) is 3.54. The van der Waals surface area contributed by atoms with Crippen LogP contribution in [-0.2, 0) is 6.54 Å². The average Bonchev–Trinajstić information content (AvgIpc) is 3.00. The highest BCUT2D eigenvalue weighted by Gasteiger charge is 2.11. The summed E-state index contributed by atoms with van der Waals surface area (Å²) in [7, 11) is 0. The number of carbonyl (C=O) groups excluding carboxylic acids is 1. The first-order chi connectivity index (χ1) is 11.6. The molecule has 24 heavy (non-hydrogen) atoms. The Labute approximate surface area is 146 Å². The second kappa shape index (κ2) is 6.97. The molecule has 0 saturated carbocycles. The molecule has 2 aromatic heterocycles. The van der Waals surface area contributed by atoms with Crippen LogP contribution in [0, 0.1) is 0 Å². The second-order valence-corrected chi connectivity index (χ2v) is 6.28. The number of aryl methyl sites for hydroxylation is 1. The summed E-state index contributed by atoms with van der Waals surface area (Å²) in [5, 5.41) is 4.88. The third-order valence-electron chi connectivity index (χ3n) is 3.49. The molecule has 0 fully saturated rings. The molecular formula is C18H15BrN2O3. The number of ketones is 1. The molecule has 2 heterocycles. The smallest absolute Gasteiger partial charge is 0.347 e. The highest BCUT2D eigenvalue weighted by molar-refractivity contribution is 9.10. The van der Waals surface area contributed by atoms with E-state index in [2.05, 4.69) is 28.0 Å². The quantitative estimate of drug-likeness (QED) is 0.376. The van der Waals surface area contributed by atoms with E-state index in [1.807, 2.05) is 10.9 Å². The number of hydrogen-bond donors (Lipinski definition) is 0. The van der Waals surface area contributed by atoms with Crippen molar-refractivity contribution in [1.29, 1.82) is 0 Å². The Morgan fingerprint density at radius 3 is 3.00 bits per heavy atom. The van der Waals surface area contributed by atoms with E-state index in [0.717, 1.165) is 23.0 Å². The molecule has 0 radical (unpaired) electrons. The molecule has 6 heteroatoms. The predicted octanol–water partition coefficient (Wildman–Crippen LogP) is 4.06. The van der Waals surface area contributed by atoms with Crippen LogP contribution < -0.4 is 5.63 Å². The lowest BCUT2D eigenvalue weighted by Gasteiger charge is -2.00. The van der Waals surface area contributed by atoms with E-state index >= 15 is 0 Å². The number of carbonyl (C=O) groups is 1. The van der Waals surface area contributed by atoms with Crippen LogP contribution in [0.3, 0.4) is 0 Å². The van der Waals surface area contributed by atoms with Gasteiger partial charge in [-0.15, -0.1) is 0 Å². The highest BCUT2D eigenvalue weighted by Crippen LogP contribution is 2.19. The van der Waals surface area contributed by atoms with Gasteiger partial charge in [0.05, 0.1) is 6.20 Å². The number of rotatable bonds is 5. The van der Waals surface area contributed by atoms with Gasteiger partial charge in [0.1, 0.15) is 11.1 Å². The monoisotopic (exact) mass is 386 g/mol. The number of nitrogens with zero attached hydrogens (tertiary/aromatic N) is 2. The molecule has 0 saturated heterocycles. The molecule has 1 aromatic carbocycles. The molecular weight excluding hydrogens is 372 g/mol. The lowest BCUT2D eigenvalue weighted by molar-refractivity contribution is 0.104. The number of fused-ring (bicyclic) bond motifs is 1. The first kappa shape index (κ1) is 16.4. The van der Waals surface area contributed by atoms with Gasteiger partial charge in [0.25, 0.3) is 0 Å². The molecule has 0 N–H and O–H groups in total. The SMILES string of the molecule is CCCn1cc(C=CC(=O)c2cc3cc(Br)ccc3oc2=O)cn1. The standard InChI is InChI=1S/C18H15BrN2O3/c1-2-7-21-11-12(10-20-21)3-5-16(22)15-9-13-8-14(19)4-6-17(13)24-18(15)23/h3-6,8-11H,2,7H2,1H3. The molecule has 5 nitrogen and oxygen atoms in total. The maximum atomic E-state index is 12.3. The molecule has 0 spiro atoms. The molecule has 0 aliphatic carbocycles. The van der Waals surface area contributed by atoms with Gasteiger partial charge < -0.3 is 4.42 Å². The van der Waals surface area contributed by atoms with Crippen molar-refractivity contribution < 1.29 is 9.21 Å². The average molecular weight is 387 g/mol. The van der Waals surface area contributed by atoms with Gasteiger partial charge in [-0.2, -0.15) is 5.10 Å². The lowest BCUT2D eigenvalue weighted by atomic mass is 10.1. The Hall–Kier alpha value is -2.47. The fourth-order valence-electron chi connectivity index (χ4n) is 2.34. The van der Waals surface area contributed by atoms with Crippen molar-refractivity contribution in [2.45, 2.75) is 19.9 Å². The number of benzene rings is 1. The van der Waals surface area contributed by atoms with E-state index in [1.165, 1.54) is 6.08 Å². The first-order valence-corrected chi connectivity index (χ1v) is 8.34. The van der Waals surface area contributed by atoms with Crippen LogP contribution in [0.5, 0.6) is 0 Å². The Bertz CT molecular complexity index is 985. The minimum Gasteiger partial charge on any atom is -0.422 e. The molecule has 122 valence electrons. The number of hydrogen-bond acceptors (Lipinski definition) is 4. The van der Waals surface area contributed by atoms with Gasteiger partial charge in [0.2, 0.25) is 0 Å². The molecule has 0 amide bonds. The van der Waals surface area contributed by atoms with Crippen LogP contribution in [0.1, 0.15) is 29.3 Å². The van der Waals surface area contributed by atoms with Crippen molar-refractivity contribution in [3.8, 4) is 0 Å². The summed E-state index contributed by atoms with van der Waals surface area (Å²) >= 11 is 3.36. The van der Waals surface area contributed by atoms with E-state index < -0.39 is 11.4 Å². The van der Waals surface area contributed by atoms with Crippen molar-refractivity contribution in [2.24, 2.45) is 0 Å². The largest absolute Gasteiger partial charge is 0.422 e. The fraction of sp³-hybridized carbons (Fsp3) is 0.167. The van der Waals surface area contributed by atoms with E-state index in [-0.39, 0.29) is 5.56 Å². The van der Waals surface area contributed by atoms with Crippen LogP contribution in [0.25, 0.3) is 17.0 Å². The highest BCUT2D eigenvalue weighted by atomic mass is 79.9. The number of halogens is 1. The van der Waals surface area contributed by atoms with Crippen LogP contribution >= 0.6 is 15.9 Å².